The van der Waals surface area contributed by atoms with Crippen LogP contribution in [-0.4, -0.2) is 41.3 Å². The van der Waals surface area contributed by atoms with E-state index >= 15 is 0 Å². The summed E-state index contributed by atoms with van der Waals surface area (Å²) in [6, 6.07) is 16.1. The molecule has 0 radical (unpaired) electrons. The second kappa shape index (κ2) is 10.4. The summed E-state index contributed by atoms with van der Waals surface area (Å²) in [4.78, 5) is 25.4. The van der Waals surface area contributed by atoms with Crippen molar-refractivity contribution in [1.29, 1.82) is 0 Å². The van der Waals surface area contributed by atoms with Crippen molar-refractivity contribution in [1.82, 2.24) is 20.4 Å². The maximum absolute atomic E-state index is 12.7. The van der Waals surface area contributed by atoms with Gasteiger partial charge in [-0.2, -0.15) is 5.10 Å². The van der Waals surface area contributed by atoms with Crippen LogP contribution < -0.4 is 15.4 Å². The van der Waals surface area contributed by atoms with Gasteiger partial charge in [-0.15, -0.1) is 0 Å². The highest BCUT2D eigenvalue weighted by Crippen LogP contribution is 2.17. The van der Waals surface area contributed by atoms with E-state index in [-0.39, 0.29) is 17.7 Å². The van der Waals surface area contributed by atoms with Gasteiger partial charge in [0.1, 0.15) is 11.8 Å². The average Bonchev–Trinajstić information content (AvgIpc) is 3.26. The molecule has 3 aromatic rings. The Labute approximate surface area is 182 Å². The number of carbonyl (C=O) groups excluding carboxylic acids is 2. The van der Waals surface area contributed by atoms with Crippen molar-refractivity contribution in [2.24, 2.45) is 5.92 Å². The van der Waals surface area contributed by atoms with E-state index in [4.69, 9.17) is 4.74 Å². The van der Waals surface area contributed by atoms with Gasteiger partial charge in [-0.1, -0.05) is 44.2 Å². The van der Waals surface area contributed by atoms with Gasteiger partial charge in [0.15, 0.2) is 0 Å². The summed E-state index contributed by atoms with van der Waals surface area (Å²) in [5.74, 6) is -0.151. The van der Waals surface area contributed by atoms with Crippen LogP contribution in [0.4, 0.5) is 0 Å². The number of benzene rings is 2. The highest BCUT2D eigenvalue weighted by Gasteiger charge is 2.25. The number of methoxy groups -OCH3 is 1. The van der Waals surface area contributed by atoms with Crippen molar-refractivity contribution in [3.05, 3.63) is 78.1 Å². The number of para-hydroxylation sites is 2. The van der Waals surface area contributed by atoms with E-state index in [0.717, 1.165) is 11.3 Å². The number of rotatable bonds is 9. The molecule has 162 valence electrons. The Kier molecular flexibility index (Phi) is 7.43. The molecule has 0 aliphatic rings. The molecule has 7 nitrogen and oxygen atoms in total. The molecule has 0 aliphatic carbocycles. The predicted octanol–water partition coefficient (Wildman–Crippen LogP) is 2.99. The zero-order valence-corrected chi connectivity index (χ0v) is 18.0. The maximum Gasteiger partial charge on any atom is 0.255 e. The van der Waals surface area contributed by atoms with E-state index < -0.39 is 6.04 Å². The second-order valence-corrected chi connectivity index (χ2v) is 7.57. The van der Waals surface area contributed by atoms with Crippen LogP contribution in [0.15, 0.2) is 67.0 Å². The summed E-state index contributed by atoms with van der Waals surface area (Å²) in [7, 11) is 1.51. The standard InChI is InChI=1S/C24H28N4O3/c1-17(2)22(27-23(29)20-11-7-8-12-21(20)31-3)24(30)25-14-13-18-15-26-28(16-18)19-9-5-4-6-10-19/h4-12,15-17,22H,13-14H2,1-3H3,(H,25,30)(H,27,29). The Morgan fingerprint density at radius 2 is 1.77 bits per heavy atom. The molecule has 0 saturated heterocycles. The minimum atomic E-state index is -0.649. The first kappa shape index (κ1) is 22.1. The molecule has 2 amide bonds. The largest absolute Gasteiger partial charge is 0.496 e. The molecule has 0 saturated carbocycles. The van der Waals surface area contributed by atoms with Crippen molar-refractivity contribution in [2.45, 2.75) is 26.3 Å². The Morgan fingerprint density at radius 3 is 2.48 bits per heavy atom. The molecule has 1 aromatic heterocycles. The lowest BCUT2D eigenvalue weighted by Gasteiger charge is -2.22. The van der Waals surface area contributed by atoms with Gasteiger partial charge in [0.2, 0.25) is 5.91 Å². The van der Waals surface area contributed by atoms with Crippen LogP contribution >= 0.6 is 0 Å². The van der Waals surface area contributed by atoms with Gasteiger partial charge in [0.25, 0.3) is 5.91 Å². The van der Waals surface area contributed by atoms with Crippen LogP contribution in [0, 0.1) is 5.92 Å². The highest BCUT2D eigenvalue weighted by atomic mass is 16.5. The van der Waals surface area contributed by atoms with Crippen molar-refractivity contribution in [3.63, 3.8) is 0 Å². The summed E-state index contributed by atoms with van der Waals surface area (Å²) in [6.45, 7) is 4.25. The molecule has 7 heteroatoms. The molecule has 1 atom stereocenters. The van der Waals surface area contributed by atoms with Gasteiger partial charge >= 0.3 is 0 Å². The number of hydrogen-bond acceptors (Lipinski definition) is 4. The molecule has 31 heavy (non-hydrogen) atoms. The molecule has 2 N–H and O–H groups in total. The van der Waals surface area contributed by atoms with E-state index in [1.165, 1.54) is 7.11 Å². The third-order valence-corrected chi connectivity index (χ3v) is 4.96. The van der Waals surface area contributed by atoms with Crippen molar-refractivity contribution >= 4 is 11.8 Å². The lowest BCUT2D eigenvalue weighted by atomic mass is 10.0. The van der Waals surface area contributed by atoms with Crippen molar-refractivity contribution < 1.29 is 14.3 Å². The predicted molar refractivity (Wildman–Crippen MR) is 119 cm³/mol. The average molecular weight is 421 g/mol. The summed E-state index contributed by atoms with van der Waals surface area (Å²) in [5.41, 5.74) is 2.40. The van der Waals surface area contributed by atoms with Crippen LogP contribution in [0.1, 0.15) is 29.8 Å². The third-order valence-electron chi connectivity index (χ3n) is 4.96. The SMILES string of the molecule is COc1ccccc1C(=O)NC(C(=O)NCCc1cnn(-c2ccccc2)c1)C(C)C. The van der Waals surface area contributed by atoms with Crippen LogP contribution in [0.5, 0.6) is 5.75 Å². The lowest BCUT2D eigenvalue weighted by Crippen LogP contribution is -2.50. The summed E-state index contributed by atoms with van der Waals surface area (Å²) < 4.78 is 7.05. The van der Waals surface area contributed by atoms with Crippen LogP contribution in [0.2, 0.25) is 0 Å². The van der Waals surface area contributed by atoms with Crippen LogP contribution in [0.25, 0.3) is 5.69 Å². The quantitative estimate of drug-likeness (QED) is 0.557. The molecule has 2 aromatic carbocycles. The molecule has 1 heterocycles. The van der Waals surface area contributed by atoms with Gasteiger partial charge in [-0.05, 0) is 42.2 Å². The number of nitrogens with one attached hydrogen (secondary N) is 2. The highest BCUT2D eigenvalue weighted by molar-refractivity contribution is 5.99. The molecule has 3 rings (SSSR count). The van der Waals surface area contributed by atoms with E-state index in [1.54, 1.807) is 30.5 Å². The topological polar surface area (TPSA) is 85.2 Å². The zero-order valence-electron chi connectivity index (χ0n) is 18.0. The maximum atomic E-state index is 12.7. The smallest absolute Gasteiger partial charge is 0.255 e. The summed E-state index contributed by atoms with van der Waals surface area (Å²) in [6.07, 6.45) is 4.39. The zero-order chi connectivity index (χ0) is 22.2. The third kappa shape index (κ3) is 5.72. The van der Waals surface area contributed by atoms with E-state index in [0.29, 0.717) is 24.3 Å². The minimum Gasteiger partial charge on any atom is -0.496 e. The number of hydrogen-bond donors (Lipinski definition) is 2. The Hall–Kier alpha value is -3.61. The Bertz CT molecular complexity index is 1010. The molecule has 0 fully saturated rings. The van der Waals surface area contributed by atoms with Gasteiger partial charge in [0, 0.05) is 12.7 Å². The number of ether oxygens (including phenoxy) is 1. The molecular formula is C24H28N4O3. The second-order valence-electron chi connectivity index (χ2n) is 7.57. The summed E-state index contributed by atoms with van der Waals surface area (Å²) >= 11 is 0. The van der Waals surface area contributed by atoms with Crippen molar-refractivity contribution in [2.75, 3.05) is 13.7 Å². The Balaban J connectivity index is 1.56. The Morgan fingerprint density at radius 1 is 1.06 bits per heavy atom. The number of carbonyl (C=O) groups is 2. The summed E-state index contributed by atoms with van der Waals surface area (Å²) in [5, 5.41) is 10.1. The first-order valence-corrected chi connectivity index (χ1v) is 10.3. The van der Waals surface area contributed by atoms with Gasteiger partial charge in [0.05, 0.1) is 24.6 Å². The van der Waals surface area contributed by atoms with Gasteiger partial charge in [-0.3, -0.25) is 9.59 Å². The number of amides is 2. The molecule has 0 spiro atoms. The van der Waals surface area contributed by atoms with Gasteiger partial charge in [-0.25, -0.2) is 4.68 Å². The van der Waals surface area contributed by atoms with Crippen LogP contribution in [0.3, 0.4) is 0 Å². The fourth-order valence-corrected chi connectivity index (χ4v) is 3.24. The fourth-order valence-electron chi connectivity index (χ4n) is 3.24. The minimum absolute atomic E-state index is 0.0699. The van der Waals surface area contributed by atoms with Crippen molar-refractivity contribution in [3.8, 4) is 11.4 Å². The van der Waals surface area contributed by atoms with E-state index in [1.807, 2.05) is 55.1 Å². The molecular weight excluding hydrogens is 392 g/mol. The van der Waals surface area contributed by atoms with Gasteiger partial charge < -0.3 is 15.4 Å². The number of nitrogens with zero attached hydrogens (tertiary/aromatic N) is 2. The number of aromatic nitrogens is 2. The van der Waals surface area contributed by atoms with E-state index in [9.17, 15) is 9.59 Å². The monoisotopic (exact) mass is 420 g/mol. The molecule has 1 unspecified atom stereocenters. The fraction of sp³-hybridized carbons (Fsp3) is 0.292. The molecule has 0 bridgehead atoms. The first-order valence-electron chi connectivity index (χ1n) is 10.3. The first-order chi connectivity index (χ1) is 15.0. The van der Waals surface area contributed by atoms with E-state index in [2.05, 4.69) is 15.7 Å². The molecule has 0 aliphatic heterocycles. The van der Waals surface area contributed by atoms with Crippen LogP contribution in [-0.2, 0) is 11.2 Å². The normalized spacial score (nSPS) is 11.7. The lowest BCUT2D eigenvalue weighted by molar-refractivity contribution is -0.123.